The lowest BCUT2D eigenvalue weighted by molar-refractivity contribution is -0.575. The lowest BCUT2D eigenvalue weighted by Gasteiger charge is -2.64. The Morgan fingerprint density at radius 2 is 1.60 bits per heavy atom. The van der Waals surface area contributed by atoms with Crippen LogP contribution in [-0.2, 0) is 14.6 Å². The zero-order chi connectivity index (χ0) is 16.0. The highest BCUT2D eigenvalue weighted by molar-refractivity contribution is 5.80. The van der Waals surface area contributed by atoms with Crippen LogP contribution in [0.4, 0.5) is 0 Å². The molecule has 1 aliphatic rings. The molecular formula is C16H30O4. The fourth-order valence-corrected chi connectivity index (χ4v) is 4.00. The Balaban J connectivity index is 3.51. The van der Waals surface area contributed by atoms with E-state index in [4.69, 9.17) is 9.78 Å². The van der Waals surface area contributed by atoms with Gasteiger partial charge in [0.05, 0.1) is 0 Å². The van der Waals surface area contributed by atoms with Gasteiger partial charge >= 0.3 is 5.97 Å². The van der Waals surface area contributed by atoms with E-state index in [-0.39, 0.29) is 16.7 Å². The average Bonchev–Trinajstić information content (AvgIpc) is 2.20. The maximum absolute atomic E-state index is 11.9. The second kappa shape index (κ2) is 4.99. The monoisotopic (exact) mass is 286 g/mol. The summed E-state index contributed by atoms with van der Waals surface area (Å²) >= 11 is 0. The zero-order valence-electron chi connectivity index (χ0n) is 14.2. The van der Waals surface area contributed by atoms with Crippen molar-refractivity contribution in [2.75, 3.05) is 0 Å². The van der Waals surface area contributed by atoms with E-state index in [9.17, 15) is 9.90 Å². The predicted molar refractivity (Wildman–Crippen MR) is 78.2 cm³/mol. The molecule has 1 saturated heterocycles. The van der Waals surface area contributed by atoms with Crippen LogP contribution in [0.25, 0.3) is 0 Å². The molecule has 1 rings (SSSR count). The molecule has 4 nitrogen and oxygen atoms in total. The van der Waals surface area contributed by atoms with Gasteiger partial charge in [0.2, 0.25) is 5.60 Å². The Hall–Kier alpha value is -0.610. The molecule has 1 fully saturated rings. The van der Waals surface area contributed by atoms with Crippen molar-refractivity contribution in [3.05, 3.63) is 0 Å². The van der Waals surface area contributed by atoms with Gasteiger partial charge in [0.1, 0.15) is 0 Å². The molecule has 0 spiro atoms. The molecule has 3 atom stereocenters. The number of carboxylic acid groups (broad SMARTS) is 1. The van der Waals surface area contributed by atoms with Crippen molar-refractivity contribution >= 4 is 5.97 Å². The summed E-state index contributed by atoms with van der Waals surface area (Å²) in [6.07, 6.45) is 1.24. The van der Waals surface area contributed by atoms with Crippen molar-refractivity contribution in [2.24, 2.45) is 16.7 Å². The van der Waals surface area contributed by atoms with Crippen LogP contribution < -0.4 is 0 Å². The molecule has 1 N–H and O–H groups in total. The second-order valence-corrected chi connectivity index (χ2v) is 7.96. The predicted octanol–water partition coefficient (Wildman–Crippen LogP) is 4.04. The first kappa shape index (κ1) is 17.4. The average molecular weight is 286 g/mol. The Labute approximate surface area is 122 Å². The van der Waals surface area contributed by atoms with E-state index in [1.165, 1.54) is 0 Å². The van der Waals surface area contributed by atoms with E-state index in [1.807, 2.05) is 27.7 Å². The summed E-state index contributed by atoms with van der Waals surface area (Å²) in [5.41, 5.74) is -2.50. The Bertz CT molecular complexity index is 373. The van der Waals surface area contributed by atoms with Crippen LogP contribution in [0.2, 0.25) is 0 Å². The molecule has 0 amide bonds. The first-order valence-electron chi connectivity index (χ1n) is 7.51. The van der Waals surface area contributed by atoms with Crippen LogP contribution in [0.3, 0.4) is 0 Å². The van der Waals surface area contributed by atoms with E-state index in [0.29, 0.717) is 6.42 Å². The van der Waals surface area contributed by atoms with Crippen LogP contribution in [0, 0.1) is 16.7 Å². The fourth-order valence-electron chi connectivity index (χ4n) is 4.00. The summed E-state index contributed by atoms with van der Waals surface area (Å²) in [5.74, 6) is -0.844. The maximum Gasteiger partial charge on any atom is 0.342 e. The van der Waals surface area contributed by atoms with Crippen molar-refractivity contribution in [2.45, 2.75) is 79.4 Å². The van der Waals surface area contributed by atoms with Gasteiger partial charge in [0, 0.05) is 0 Å². The summed E-state index contributed by atoms with van der Waals surface area (Å²) in [4.78, 5) is 22.8. The van der Waals surface area contributed by atoms with E-state index in [2.05, 4.69) is 27.7 Å². The number of rotatable bonds is 4. The summed E-state index contributed by atoms with van der Waals surface area (Å²) in [7, 11) is 0. The molecule has 1 heterocycles. The van der Waals surface area contributed by atoms with Gasteiger partial charge in [-0.1, -0.05) is 55.4 Å². The second-order valence-electron chi connectivity index (χ2n) is 7.96. The quantitative estimate of drug-likeness (QED) is 0.792. The van der Waals surface area contributed by atoms with Crippen LogP contribution in [0.1, 0.15) is 68.2 Å². The topological polar surface area (TPSA) is 55.8 Å². The molecule has 3 unspecified atom stereocenters. The van der Waals surface area contributed by atoms with Gasteiger partial charge in [-0.15, -0.1) is 0 Å². The van der Waals surface area contributed by atoms with Crippen LogP contribution in [0.5, 0.6) is 0 Å². The van der Waals surface area contributed by atoms with E-state index >= 15 is 0 Å². The maximum atomic E-state index is 11.9. The number of carboxylic acids is 1. The first-order valence-corrected chi connectivity index (χ1v) is 7.51. The minimum Gasteiger partial charge on any atom is -0.479 e. The zero-order valence-corrected chi connectivity index (χ0v) is 14.2. The smallest absolute Gasteiger partial charge is 0.342 e. The Kier molecular flexibility index (Phi) is 4.35. The number of hydrogen-bond acceptors (Lipinski definition) is 3. The number of hydrogen-bond donors (Lipinski definition) is 1. The third-order valence-corrected chi connectivity index (χ3v) is 4.82. The molecule has 0 radical (unpaired) electrons. The molecule has 0 aromatic carbocycles. The van der Waals surface area contributed by atoms with Gasteiger partial charge in [-0.3, -0.25) is 0 Å². The van der Waals surface area contributed by atoms with E-state index in [0.717, 1.165) is 6.42 Å². The van der Waals surface area contributed by atoms with Gasteiger partial charge in [0.25, 0.3) is 0 Å². The van der Waals surface area contributed by atoms with Gasteiger partial charge in [0.15, 0.2) is 5.60 Å². The SMILES string of the molecule is CCC(C(C)(C)C)C1(C(C)(C)C)OOC1(CC)C(=O)O. The van der Waals surface area contributed by atoms with Gasteiger partial charge < -0.3 is 5.11 Å². The standard InChI is InChI=1S/C16H30O4/c1-9-11(13(3,4)5)16(14(6,7)8)15(10-2,12(17)18)19-20-16/h11H,9-10H2,1-8H3,(H,17,18). The molecule has 0 saturated carbocycles. The van der Waals surface area contributed by atoms with Gasteiger partial charge in [-0.05, 0) is 29.6 Å². The highest BCUT2D eigenvalue weighted by Gasteiger charge is 2.76. The molecule has 0 aromatic heterocycles. The minimum atomic E-state index is -1.26. The van der Waals surface area contributed by atoms with Crippen molar-refractivity contribution in [1.82, 2.24) is 0 Å². The van der Waals surface area contributed by atoms with Crippen molar-refractivity contribution in [3.8, 4) is 0 Å². The molecule has 20 heavy (non-hydrogen) atoms. The molecule has 118 valence electrons. The molecule has 0 aliphatic carbocycles. The van der Waals surface area contributed by atoms with Crippen LogP contribution >= 0.6 is 0 Å². The minimum absolute atomic E-state index is 0.0678. The summed E-state index contributed by atoms with van der Waals surface area (Å²) in [5, 5.41) is 9.79. The largest absolute Gasteiger partial charge is 0.479 e. The highest BCUT2D eigenvalue weighted by Crippen LogP contribution is 2.61. The molecule has 0 aromatic rings. The summed E-state index contributed by atoms with van der Waals surface area (Å²) in [6.45, 7) is 16.5. The lowest BCUT2D eigenvalue weighted by Crippen LogP contribution is -2.79. The molecule has 4 heteroatoms. The normalized spacial score (nSPS) is 32.6. The highest BCUT2D eigenvalue weighted by atomic mass is 17.3. The van der Waals surface area contributed by atoms with Crippen LogP contribution in [0.15, 0.2) is 0 Å². The Morgan fingerprint density at radius 3 is 1.75 bits per heavy atom. The third-order valence-electron chi connectivity index (χ3n) is 4.82. The molecule has 1 aliphatic heterocycles. The van der Waals surface area contributed by atoms with Crippen LogP contribution in [-0.4, -0.2) is 22.3 Å². The molecular weight excluding hydrogens is 256 g/mol. The van der Waals surface area contributed by atoms with Gasteiger partial charge in [-0.2, -0.15) is 0 Å². The third kappa shape index (κ3) is 2.08. The first-order chi connectivity index (χ1) is 8.90. The van der Waals surface area contributed by atoms with E-state index < -0.39 is 17.2 Å². The lowest BCUT2D eigenvalue weighted by atomic mass is 9.52. The summed E-state index contributed by atoms with van der Waals surface area (Å²) < 4.78 is 0. The fraction of sp³-hybridized carbons (Fsp3) is 0.938. The van der Waals surface area contributed by atoms with Crippen molar-refractivity contribution in [1.29, 1.82) is 0 Å². The van der Waals surface area contributed by atoms with Crippen molar-refractivity contribution in [3.63, 3.8) is 0 Å². The number of aliphatic carboxylic acids is 1. The summed E-state index contributed by atoms with van der Waals surface area (Å²) in [6, 6.07) is 0. The number of carbonyl (C=O) groups is 1. The Morgan fingerprint density at radius 1 is 1.10 bits per heavy atom. The van der Waals surface area contributed by atoms with Crippen molar-refractivity contribution < 1.29 is 19.7 Å². The molecule has 0 bridgehead atoms. The van der Waals surface area contributed by atoms with Gasteiger partial charge in [-0.25, -0.2) is 14.6 Å². The van der Waals surface area contributed by atoms with E-state index in [1.54, 1.807) is 0 Å².